The van der Waals surface area contributed by atoms with Crippen LogP contribution in [0.15, 0.2) is 18.2 Å². The molecule has 2 atom stereocenters. The van der Waals surface area contributed by atoms with E-state index >= 15 is 0 Å². The number of hydrogen-bond donors (Lipinski definition) is 1. The van der Waals surface area contributed by atoms with Gasteiger partial charge in [0.2, 0.25) is 0 Å². The lowest BCUT2D eigenvalue weighted by molar-refractivity contribution is 0.573. The molecular formula is C17H25FN2. The van der Waals surface area contributed by atoms with E-state index in [1.165, 1.54) is 25.7 Å². The van der Waals surface area contributed by atoms with E-state index in [0.717, 1.165) is 24.2 Å². The van der Waals surface area contributed by atoms with Gasteiger partial charge in [-0.1, -0.05) is 19.1 Å². The number of halogens is 1. The van der Waals surface area contributed by atoms with Crippen LogP contribution in [0.25, 0.3) is 0 Å². The summed E-state index contributed by atoms with van der Waals surface area (Å²) in [6.45, 7) is 5.22. The molecule has 2 nitrogen and oxygen atoms in total. The molecule has 3 rings (SSSR count). The van der Waals surface area contributed by atoms with Crippen molar-refractivity contribution in [2.24, 2.45) is 0 Å². The first kappa shape index (κ1) is 13.9. The zero-order chi connectivity index (χ0) is 14.1. The highest BCUT2D eigenvalue weighted by Crippen LogP contribution is 2.36. The maximum atomic E-state index is 14.5. The summed E-state index contributed by atoms with van der Waals surface area (Å²) in [6.07, 6.45) is 5.97. The van der Waals surface area contributed by atoms with Crippen LogP contribution in [-0.2, 0) is 6.54 Å². The molecule has 2 aliphatic rings. The van der Waals surface area contributed by atoms with E-state index in [2.05, 4.69) is 30.1 Å². The molecule has 1 heterocycles. The van der Waals surface area contributed by atoms with Gasteiger partial charge < -0.3 is 10.2 Å². The highest BCUT2D eigenvalue weighted by Gasteiger charge is 2.32. The Morgan fingerprint density at radius 2 is 2.05 bits per heavy atom. The first-order chi connectivity index (χ1) is 9.70. The van der Waals surface area contributed by atoms with E-state index in [9.17, 15) is 4.39 Å². The van der Waals surface area contributed by atoms with Crippen LogP contribution in [0, 0.1) is 5.82 Å². The van der Waals surface area contributed by atoms with Crippen molar-refractivity contribution in [1.82, 2.24) is 5.32 Å². The second-order valence-corrected chi connectivity index (χ2v) is 6.30. The third kappa shape index (κ3) is 2.69. The molecule has 3 heteroatoms. The van der Waals surface area contributed by atoms with Crippen molar-refractivity contribution in [3.63, 3.8) is 0 Å². The van der Waals surface area contributed by atoms with E-state index in [-0.39, 0.29) is 5.82 Å². The molecule has 1 aliphatic carbocycles. The van der Waals surface area contributed by atoms with E-state index in [1.54, 1.807) is 6.07 Å². The number of rotatable bonds is 5. The van der Waals surface area contributed by atoms with Gasteiger partial charge in [0, 0.05) is 24.7 Å². The van der Waals surface area contributed by atoms with Gasteiger partial charge in [-0.2, -0.15) is 0 Å². The van der Waals surface area contributed by atoms with Crippen LogP contribution in [-0.4, -0.2) is 18.1 Å². The minimum Gasteiger partial charge on any atom is -0.363 e. The highest BCUT2D eigenvalue weighted by atomic mass is 19.1. The molecule has 0 amide bonds. The lowest BCUT2D eigenvalue weighted by Crippen LogP contribution is -2.36. The number of para-hydroxylation sites is 1. The van der Waals surface area contributed by atoms with Crippen LogP contribution in [0.2, 0.25) is 0 Å². The van der Waals surface area contributed by atoms with Gasteiger partial charge in [-0.05, 0) is 50.7 Å². The third-order valence-electron chi connectivity index (χ3n) is 4.74. The van der Waals surface area contributed by atoms with Gasteiger partial charge in [-0.3, -0.25) is 0 Å². The second kappa shape index (κ2) is 5.72. The summed E-state index contributed by atoms with van der Waals surface area (Å²) < 4.78 is 14.5. The highest BCUT2D eigenvalue weighted by molar-refractivity contribution is 5.57. The van der Waals surface area contributed by atoms with Crippen molar-refractivity contribution < 1.29 is 4.39 Å². The predicted molar refractivity (Wildman–Crippen MR) is 81.5 cm³/mol. The average Bonchev–Trinajstić information content (AvgIpc) is 3.20. The van der Waals surface area contributed by atoms with E-state index < -0.39 is 0 Å². The molecule has 2 fully saturated rings. The first-order valence-corrected chi connectivity index (χ1v) is 7.99. The van der Waals surface area contributed by atoms with Crippen LogP contribution in [0.1, 0.15) is 51.5 Å². The molecule has 1 aromatic carbocycles. The Morgan fingerprint density at radius 3 is 2.75 bits per heavy atom. The molecule has 20 heavy (non-hydrogen) atoms. The summed E-state index contributed by atoms with van der Waals surface area (Å²) in [5, 5.41) is 3.52. The van der Waals surface area contributed by atoms with Gasteiger partial charge in [-0.15, -0.1) is 0 Å². The molecule has 1 aliphatic heterocycles. The fourth-order valence-electron chi connectivity index (χ4n) is 3.41. The number of hydrogen-bond acceptors (Lipinski definition) is 2. The van der Waals surface area contributed by atoms with Crippen molar-refractivity contribution in [2.45, 2.75) is 70.6 Å². The Hall–Kier alpha value is -1.09. The molecule has 1 N–H and O–H groups in total. The fraction of sp³-hybridized carbons (Fsp3) is 0.647. The van der Waals surface area contributed by atoms with Crippen molar-refractivity contribution in [3.05, 3.63) is 29.6 Å². The number of benzene rings is 1. The molecule has 0 aromatic heterocycles. The van der Waals surface area contributed by atoms with E-state index in [1.807, 2.05) is 6.07 Å². The van der Waals surface area contributed by atoms with Crippen LogP contribution in [0.4, 0.5) is 10.1 Å². The van der Waals surface area contributed by atoms with Crippen molar-refractivity contribution >= 4 is 5.69 Å². The van der Waals surface area contributed by atoms with Gasteiger partial charge in [0.1, 0.15) is 5.82 Å². The molecule has 0 spiro atoms. The average molecular weight is 276 g/mol. The molecule has 2 unspecified atom stereocenters. The van der Waals surface area contributed by atoms with Gasteiger partial charge in [-0.25, -0.2) is 4.39 Å². The standard InChI is InChI=1S/C17H25FN2/c1-3-15-10-7-12(2)20(15)17-13(5-4-6-16(17)18)11-19-14-8-9-14/h4-6,12,14-15,19H,3,7-11H2,1-2H3. The van der Waals surface area contributed by atoms with Crippen molar-refractivity contribution in [3.8, 4) is 0 Å². The SMILES string of the molecule is CCC1CCC(C)N1c1c(F)cccc1CNC1CC1. The Kier molecular flexibility index (Phi) is 3.97. The van der Waals surface area contributed by atoms with Crippen LogP contribution < -0.4 is 10.2 Å². The zero-order valence-corrected chi connectivity index (χ0v) is 12.5. The topological polar surface area (TPSA) is 15.3 Å². The third-order valence-corrected chi connectivity index (χ3v) is 4.74. The van der Waals surface area contributed by atoms with Crippen LogP contribution >= 0.6 is 0 Å². The van der Waals surface area contributed by atoms with Crippen molar-refractivity contribution in [1.29, 1.82) is 0 Å². The van der Waals surface area contributed by atoms with Crippen molar-refractivity contribution in [2.75, 3.05) is 4.90 Å². The Labute approximate surface area is 121 Å². The lowest BCUT2D eigenvalue weighted by atomic mass is 10.1. The van der Waals surface area contributed by atoms with Gasteiger partial charge in [0.15, 0.2) is 0 Å². The van der Waals surface area contributed by atoms with Crippen LogP contribution in [0.5, 0.6) is 0 Å². The summed E-state index contributed by atoms with van der Waals surface area (Å²) in [4.78, 5) is 2.33. The fourth-order valence-corrected chi connectivity index (χ4v) is 3.41. The summed E-state index contributed by atoms with van der Waals surface area (Å²) in [5.74, 6) is -0.0627. The molecule has 1 aromatic rings. The monoisotopic (exact) mass is 276 g/mol. The number of nitrogens with zero attached hydrogens (tertiary/aromatic N) is 1. The first-order valence-electron chi connectivity index (χ1n) is 7.99. The summed E-state index contributed by atoms with van der Waals surface area (Å²) in [6, 6.07) is 7.10. The lowest BCUT2D eigenvalue weighted by Gasteiger charge is -2.32. The minimum absolute atomic E-state index is 0.0627. The van der Waals surface area contributed by atoms with Crippen LogP contribution in [0.3, 0.4) is 0 Å². The molecule has 110 valence electrons. The second-order valence-electron chi connectivity index (χ2n) is 6.30. The smallest absolute Gasteiger partial charge is 0.146 e. The number of nitrogens with one attached hydrogen (secondary N) is 1. The molecule has 0 radical (unpaired) electrons. The van der Waals surface area contributed by atoms with Gasteiger partial charge >= 0.3 is 0 Å². The summed E-state index contributed by atoms with van der Waals surface area (Å²) in [7, 11) is 0. The Morgan fingerprint density at radius 1 is 1.25 bits per heavy atom. The predicted octanol–water partition coefficient (Wildman–Crippen LogP) is 3.85. The van der Waals surface area contributed by atoms with Gasteiger partial charge in [0.25, 0.3) is 0 Å². The maximum Gasteiger partial charge on any atom is 0.146 e. The normalized spacial score (nSPS) is 26.2. The number of anilines is 1. The van der Waals surface area contributed by atoms with E-state index in [4.69, 9.17) is 0 Å². The van der Waals surface area contributed by atoms with E-state index in [0.29, 0.717) is 18.1 Å². The molecular weight excluding hydrogens is 251 g/mol. The summed E-state index contributed by atoms with van der Waals surface area (Å²) in [5.41, 5.74) is 1.96. The summed E-state index contributed by atoms with van der Waals surface area (Å²) >= 11 is 0. The Bertz CT molecular complexity index is 470. The minimum atomic E-state index is -0.0627. The Balaban J connectivity index is 1.89. The largest absolute Gasteiger partial charge is 0.363 e. The van der Waals surface area contributed by atoms with Gasteiger partial charge in [0.05, 0.1) is 5.69 Å². The quantitative estimate of drug-likeness (QED) is 0.879. The zero-order valence-electron chi connectivity index (χ0n) is 12.5. The molecule has 1 saturated carbocycles. The molecule has 1 saturated heterocycles. The molecule has 0 bridgehead atoms. The maximum absolute atomic E-state index is 14.5.